The Balaban J connectivity index is 0.000000295. The van der Waals surface area contributed by atoms with Crippen LogP contribution in [0.25, 0.3) is 44.5 Å². The molecule has 3 aromatic carbocycles. The molecular formula is C41H46IrNO3-. The van der Waals surface area contributed by atoms with Crippen molar-refractivity contribution >= 4 is 27.7 Å². The van der Waals surface area contributed by atoms with Crippen molar-refractivity contribution in [3.63, 3.8) is 0 Å². The second-order valence-electron chi connectivity index (χ2n) is 15.3. The summed E-state index contributed by atoms with van der Waals surface area (Å²) < 4.78 is 6.34. The molecule has 2 heterocycles. The number of para-hydroxylation sites is 1. The number of benzene rings is 3. The molecule has 1 aliphatic carbocycles. The van der Waals surface area contributed by atoms with E-state index in [1.807, 2.05) is 53.7 Å². The molecular weight excluding hydrogens is 747 g/mol. The number of allylic oxidation sites excluding steroid dienone is 2. The second kappa shape index (κ2) is 12.9. The summed E-state index contributed by atoms with van der Waals surface area (Å²) in [6.45, 7) is 20.2. The van der Waals surface area contributed by atoms with Crippen LogP contribution in [0.3, 0.4) is 0 Å². The van der Waals surface area contributed by atoms with Crippen LogP contribution in [0.1, 0.15) is 85.9 Å². The Morgan fingerprint density at radius 3 is 2.30 bits per heavy atom. The van der Waals surface area contributed by atoms with Crippen LogP contribution in [-0.4, -0.2) is 15.9 Å². The van der Waals surface area contributed by atoms with Crippen LogP contribution in [0, 0.1) is 22.8 Å². The van der Waals surface area contributed by atoms with E-state index in [9.17, 15) is 9.90 Å². The van der Waals surface area contributed by atoms with Crippen molar-refractivity contribution in [3.05, 3.63) is 101 Å². The van der Waals surface area contributed by atoms with E-state index in [0.29, 0.717) is 5.92 Å². The molecule has 0 amide bonds. The van der Waals surface area contributed by atoms with Gasteiger partial charge in [0.15, 0.2) is 5.78 Å². The van der Waals surface area contributed by atoms with Crippen LogP contribution >= 0.6 is 0 Å². The molecule has 5 aromatic rings. The number of fused-ring (bicyclic) bond motifs is 6. The van der Waals surface area contributed by atoms with E-state index >= 15 is 0 Å². The monoisotopic (exact) mass is 793 g/mol. The van der Waals surface area contributed by atoms with Gasteiger partial charge in [0.05, 0.1) is 5.52 Å². The number of rotatable bonds is 4. The fourth-order valence-corrected chi connectivity index (χ4v) is 5.99. The third-order valence-electron chi connectivity index (χ3n) is 8.52. The third-order valence-corrected chi connectivity index (χ3v) is 8.52. The van der Waals surface area contributed by atoms with E-state index in [1.165, 1.54) is 33.5 Å². The van der Waals surface area contributed by atoms with Crippen LogP contribution < -0.4 is 0 Å². The molecule has 0 aliphatic heterocycles. The Morgan fingerprint density at radius 2 is 1.65 bits per heavy atom. The molecule has 5 heteroatoms. The molecule has 1 aliphatic rings. The van der Waals surface area contributed by atoms with E-state index in [2.05, 4.69) is 88.4 Å². The van der Waals surface area contributed by atoms with Gasteiger partial charge in [-0.25, -0.2) is 0 Å². The van der Waals surface area contributed by atoms with E-state index in [1.54, 1.807) is 0 Å². The Bertz CT molecular complexity index is 1930. The van der Waals surface area contributed by atoms with Gasteiger partial charge >= 0.3 is 0 Å². The molecule has 0 fully saturated rings. The van der Waals surface area contributed by atoms with Crippen LogP contribution in [0.15, 0.2) is 83.0 Å². The zero-order valence-electron chi connectivity index (χ0n) is 28.8. The number of hydrogen-bond donors (Lipinski definition) is 1. The van der Waals surface area contributed by atoms with Crippen molar-refractivity contribution in [3.8, 4) is 22.6 Å². The Hall–Kier alpha value is -3.53. The maximum Gasteiger partial charge on any atom is 0.164 e. The van der Waals surface area contributed by atoms with Crippen molar-refractivity contribution in [2.24, 2.45) is 16.7 Å². The van der Waals surface area contributed by atoms with E-state index in [0.717, 1.165) is 40.1 Å². The third kappa shape index (κ3) is 6.92. The zero-order chi connectivity index (χ0) is 32.9. The molecule has 0 atom stereocenters. The molecule has 1 N–H and O–H groups in total. The number of carbonyl (C=O) groups excluding carboxylic acids is 1. The van der Waals surface area contributed by atoms with Crippen LogP contribution in [0.4, 0.5) is 0 Å². The molecule has 4 nitrogen and oxygen atoms in total. The minimum atomic E-state index is -0.417. The summed E-state index contributed by atoms with van der Waals surface area (Å²) in [5.41, 5.74) is 8.10. The first-order chi connectivity index (χ1) is 21.0. The maximum absolute atomic E-state index is 11.5. The molecule has 0 bridgehead atoms. The molecule has 0 spiro atoms. The summed E-state index contributed by atoms with van der Waals surface area (Å²) in [5.74, 6) is 1.73. The summed E-state index contributed by atoms with van der Waals surface area (Å²) in [6.07, 6.45) is 2.42. The molecule has 0 unspecified atom stereocenters. The molecule has 0 saturated carbocycles. The average Bonchev–Trinajstić information content (AvgIpc) is 3.45. The summed E-state index contributed by atoms with van der Waals surface area (Å²) >= 11 is 0. The van der Waals surface area contributed by atoms with E-state index in [-0.39, 0.29) is 42.5 Å². The number of aliphatic hydroxyl groups excluding tert-OH is 1. The fourth-order valence-electron chi connectivity index (χ4n) is 5.99. The SMILES string of the molecule is CC(C)(C)C(=O)/C=C(\O)C(C)(C)C.CC(C)Cc1ccc2nc(-c3[c-]ccc4c3C(C)(C)c3c-4oc4ccccc34)ccc2c1.[Ir]. The summed E-state index contributed by atoms with van der Waals surface area (Å²) in [5, 5.41) is 11.9. The smallest absolute Gasteiger partial charge is 0.164 e. The first-order valence-electron chi connectivity index (χ1n) is 15.9. The number of carbonyl (C=O) groups is 1. The second-order valence-corrected chi connectivity index (χ2v) is 15.3. The van der Waals surface area contributed by atoms with Crippen molar-refractivity contribution in [2.75, 3.05) is 0 Å². The van der Waals surface area contributed by atoms with E-state index < -0.39 is 5.41 Å². The first-order valence-corrected chi connectivity index (χ1v) is 15.9. The molecule has 6 rings (SSSR count). The first kappa shape index (κ1) is 35.3. The molecule has 243 valence electrons. The maximum atomic E-state index is 11.5. The Kier molecular flexibility index (Phi) is 9.93. The van der Waals surface area contributed by atoms with Gasteiger partial charge in [-0.3, -0.25) is 9.78 Å². The fraction of sp³-hybridized carbons (Fsp3) is 0.366. The minimum absolute atomic E-state index is 0. The number of pyridine rings is 1. The van der Waals surface area contributed by atoms with Crippen molar-refractivity contribution in [2.45, 2.75) is 81.1 Å². The number of hydrogen-bond acceptors (Lipinski definition) is 4. The standard InChI is InChI=1S/C30H26NO.C11H20O2.Ir/c1-18(2)16-19-12-14-24-20(17-19)13-15-25(31-24)21-9-7-10-23-27(21)30(3,4)28-22-8-5-6-11-26(22)32-29(23)28;1-10(2,3)8(12)7-9(13)11(4,5)6;/h5-8,10-15,17-18H,16H2,1-4H3;7,12H,1-6H3;/q-1;;/b;8-7-;. The van der Waals surface area contributed by atoms with Gasteiger partial charge in [0.1, 0.15) is 17.1 Å². The quantitative estimate of drug-likeness (QED) is 0.112. The molecule has 2 aromatic heterocycles. The number of ketones is 1. The van der Waals surface area contributed by atoms with Crippen LogP contribution in [0.2, 0.25) is 0 Å². The number of furan rings is 1. The predicted octanol–water partition coefficient (Wildman–Crippen LogP) is 11.0. The molecule has 0 saturated heterocycles. The number of nitrogens with zero attached hydrogens (tertiary/aromatic N) is 1. The number of aromatic nitrogens is 1. The minimum Gasteiger partial charge on any atom is -0.512 e. The zero-order valence-corrected chi connectivity index (χ0v) is 31.2. The van der Waals surface area contributed by atoms with Gasteiger partial charge in [0.2, 0.25) is 0 Å². The Labute approximate surface area is 287 Å². The predicted molar refractivity (Wildman–Crippen MR) is 187 cm³/mol. The van der Waals surface area contributed by atoms with Gasteiger partial charge in [-0.05, 0) is 52.6 Å². The van der Waals surface area contributed by atoms with Crippen molar-refractivity contribution in [1.82, 2.24) is 4.98 Å². The van der Waals surface area contributed by atoms with E-state index in [4.69, 9.17) is 9.40 Å². The van der Waals surface area contributed by atoms with Crippen molar-refractivity contribution < 1.29 is 34.4 Å². The molecule has 46 heavy (non-hydrogen) atoms. The largest absolute Gasteiger partial charge is 0.512 e. The summed E-state index contributed by atoms with van der Waals surface area (Å²) in [4.78, 5) is 16.5. The van der Waals surface area contributed by atoms with Gasteiger partial charge in [0, 0.05) is 48.0 Å². The topological polar surface area (TPSA) is 63.3 Å². The van der Waals surface area contributed by atoms with Gasteiger partial charge in [-0.15, -0.1) is 29.3 Å². The van der Waals surface area contributed by atoms with Crippen LogP contribution in [-0.2, 0) is 36.7 Å². The van der Waals surface area contributed by atoms with Crippen LogP contribution in [0.5, 0.6) is 0 Å². The van der Waals surface area contributed by atoms with Gasteiger partial charge in [0.25, 0.3) is 0 Å². The average molecular weight is 793 g/mol. The summed E-state index contributed by atoms with van der Waals surface area (Å²) in [6, 6.07) is 27.0. The van der Waals surface area contributed by atoms with Gasteiger partial charge in [-0.2, -0.15) is 0 Å². The summed E-state index contributed by atoms with van der Waals surface area (Å²) in [7, 11) is 0. The molecule has 1 radical (unpaired) electrons. The normalized spacial score (nSPS) is 14.0. The Morgan fingerprint density at radius 1 is 0.957 bits per heavy atom. The van der Waals surface area contributed by atoms with Crippen molar-refractivity contribution in [1.29, 1.82) is 0 Å². The van der Waals surface area contributed by atoms with Gasteiger partial charge in [-0.1, -0.05) is 111 Å². The number of aliphatic hydroxyl groups is 1. The van der Waals surface area contributed by atoms with Gasteiger partial charge < -0.3 is 9.52 Å².